The molecule has 1 aromatic carbocycles. The van der Waals surface area contributed by atoms with Gasteiger partial charge < -0.3 is 5.32 Å². The zero-order valence-corrected chi connectivity index (χ0v) is 13.1. The van der Waals surface area contributed by atoms with Crippen LogP contribution in [0.4, 0.5) is 5.13 Å². The van der Waals surface area contributed by atoms with E-state index in [1.165, 1.54) is 16.4 Å². The first-order chi connectivity index (χ1) is 10.6. The highest BCUT2D eigenvalue weighted by atomic mass is 32.1. The van der Waals surface area contributed by atoms with Gasteiger partial charge in [-0.05, 0) is 13.8 Å². The van der Waals surface area contributed by atoms with Crippen molar-refractivity contribution in [2.75, 3.05) is 5.32 Å². The molecule has 3 rings (SSSR count). The Morgan fingerprint density at radius 1 is 1.27 bits per heavy atom. The first-order valence-corrected chi connectivity index (χ1v) is 7.85. The highest BCUT2D eigenvalue weighted by molar-refractivity contribution is 7.09. The highest BCUT2D eigenvalue weighted by Crippen LogP contribution is 2.24. The third-order valence-corrected chi connectivity index (χ3v) is 4.10. The number of nitrogens with zero attached hydrogens (tertiary/aromatic N) is 3. The summed E-state index contributed by atoms with van der Waals surface area (Å²) in [6.07, 6.45) is 0.164. The van der Waals surface area contributed by atoms with E-state index in [9.17, 15) is 9.59 Å². The Labute approximate surface area is 132 Å². The number of likely N-dealkylation sites (tertiary alicyclic amines) is 1. The van der Waals surface area contributed by atoms with Crippen LogP contribution in [0, 0.1) is 0 Å². The minimum absolute atomic E-state index is 0.124. The number of imide groups is 1. The number of amides is 2. The van der Waals surface area contributed by atoms with Crippen LogP contribution in [0.1, 0.15) is 20.3 Å². The number of hydrogen-bond donors (Lipinski definition) is 1. The minimum Gasteiger partial charge on any atom is -0.348 e. The molecule has 0 aliphatic carbocycles. The predicted octanol–water partition coefficient (Wildman–Crippen LogP) is 2.15. The molecule has 1 saturated heterocycles. The van der Waals surface area contributed by atoms with Crippen molar-refractivity contribution in [1.29, 1.82) is 0 Å². The van der Waals surface area contributed by atoms with Gasteiger partial charge in [0.25, 0.3) is 5.91 Å². The third-order valence-electron chi connectivity index (χ3n) is 3.46. The lowest BCUT2D eigenvalue weighted by molar-refractivity contribution is -0.140. The van der Waals surface area contributed by atoms with E-state index < -0.39 is 6.04 Å². The number of hydrogen-bond acceptors (Lipinski definition) is 6. The second-order valence-electron chi connectivity index (χ2n) is 5.39. The summed E-state index contributed by atoms with van der Waals surface area (Å²) in [5, 5.41) is 3.58. The Kier molecular flexibility index (Phi) is 3.89. The van der Waals surface area contributed by atoms with Gasteiger partial charge in [-0.15, -0.1) is 0 Å². The van der Waals surface area contributed by atoms with Crippen LogP contribution in [0.2, 0.25) is 0 Å². The van der Waals surface area contributed by atoms with Crippen LogP contribution >= 0.6 is 11.5 Å². The van der Waals surface area contributed by atoms with Crippen molar-refractivity contribution in [2.45, 2.75) is 32.4 Å². The molecule has 2 amide bonds. The molecule has 2 aromatic rings. The lowest BCUT2D eigenvalue weighted by Crippen LogP contribution is -2.39. The van der Waals surface area contributed by atoms with E-state index in [1.807, 2.05) is 44.2 Å². The number of rotatable bonds is 4. The van der Waals surface area contributed by atoms with Crippen LogP contribution in [0.25, 0.3) is 11.4 Å². The number of carbonyl (C=O) groups excluding carboxylic acids is 2. The minimum atomic E-state index is -0.550. The molecule has 1 aromatic heterocycles. The van der Waals surface area contributed by atoms with Crippen LogP contribution in [-0.4, -0.2) is 38.2 Å². The fourth-order valence-electron chi connectivity index (χ4n) is 2.44. The summed E-state index contributed by atoms with van der Waals surface area (Å²) in [4.78, 5) is 29.8. The first-order valence-electron chi connectivity index (χ1n) is 7.08. The zero-order chi connectivity index (χ0) is 15.7. The topological polar surface area (TPSA) is 75.2 Å². The normalized spacial score (nSPS) is 18.3. The average molecular weight is 316 g/mol. The van der Waals surface area contributed by atoms with Gasteiger partial charge >= 0.3 is 0 Å². The lowest BCUT2D eigenvalue weighted by Gasteiger charge is -2.18. The van der Waals surface area contributed by atoms with E-state index in [0.29, 0.717) is 11.0 Å². The van der Waals surface area contributed by atoms with Crippen LogP contribution in [0.15, 0.2) is 30.3 Å². The third kappa shape index (κ3) is 2.71. The number of nitrogens with one attached hydrogen (secondary N) is 1. The average Bonchev–Trinajstić information content (AvgIpc) is 3.06. The van der Waals surface area contributed by atoms with Crippen molar-refractivity contribution in [2.24, 2.45) is 0 Å². The standard InChI is InChI=1S/C15H16N4O2S/c1-9(2)19-12(20)8-11(14(19)21)16-15-17-13(18-22-15)10-6-4-3-5-7-10/h3-7,9,11H,8H2,1-2H3,(H,16,17,18). The summed E-state index contributed by atoms with van der Waals surface area (Å²) >= 11 is 1.19. The Morgan fingerprint density at radius 2 is 2.00 bits per heavy atom. The molecular formula is C15H16N4O2S. The predicted molar refractivity (Wildman–Crippen MR) is 84.4 cm³/mol. The van der Waals surface area contributed by atoms with E-state index in [4.69, 9.17) is 0 Å². The van der Waals surface area contributed by atoms with Crippen molar-refractivity contribution in [1.82, 2.24) is 14.3 Å². The summed E-state index contributed by atoms with van der Waals surface area (Å²) in [6.45, 7) is 3.66. The molecule has 1 aliphatic rings. The monoisotopic (exact) mass is 316 g/mol. The molecule has 114 valence electrons. The Morgan fingerprint density at radius 3 is 2.64 bits per heavy atom. The molecule has 0 bridgehead atoms. The first kappa shape index (κ1) is 14.6. The van der Waals surface area contributed by atoms with Crippen molar-refractivity contribution in [3.05, 3.63) is 30.3 Å². The molecule has 1 N–H and O–H groups in total. The van der Waals surface area contributed by atoms with Crippen LogP contribution in [0.3, 0.4) is 0 Å². The molecular weight excluding hydrogens is 300 g/mol. The number of carbonyl (C=O) groups is 2. The number of benzene rings is 1. The maximum atomic E-state index is 12.2. The molecule has 1 unspecified atom stereocenters. The molecule has 7 heteroatoms. The fourth-order valence-corrected chi connectivity index (χ4v) is 3.08. The lowest BCUT2D eigenvalue weighted by atomic mass is 10.2. The maximum absolute atomic E-state index is 12.2. The molecule has 2 heterocycles. The molecule has 1 aliphatic heterocycles. The molecule has 22 heavy (non-hydrogen) atoms. The Hall–Kier alpha value is -2.28. The highest BCUT2D eigenvalue weighted by Gasteiger charge is 2.40. The van der Waals surface area contributed by atoms with Gasteiger partial charge in [-0.3, -0.25) is 14.5 Å². The summed E-state index contributed by atoms with van der Waals surface area (Å²) in [6, 6.07) is 8.95. The summed E-state index contributed by atoms with van der Waals surface area (Å²) in [5.41, 5.74) is 0.921. The van der Waals surface area contributed by atoms with E-state index >= 15 is 0 Å². The van der Waals surface area contributed by atoms with Gasteiger partial charge in [0.1, 0.15) is 6.04 Å². The Balaban J connectivity index is 1.74. The van der Waals surface area contributed by atoms with Crippen molar-refractivity contribution in [3.8, 4) is 11.4 Å². The van der Waals surface area contributed by atoms with E-state index in [1.54, 1.807) is 0 Å². The number of anilines is 1. The molecule has 1 atom stereocenters. The van der Waals surface area contributed by atoms with Crippen LogP contribution in [0.5, 0.6) is 0 Å². The van der Waals surface area contributed by atoms with Crippen LogP contribution in [-0.2, 0) is 9.59 Å². The molecule has 0 saturated carbocycles. The van der Waals surface area contributed by atoms with Gasteiger partial charge in [-0.2, -0.15) is 9.36 Å². The smallest absolute Gasteiger partial charge is 0.252 e. The molecule has 1 fully saturated rings. The van der Waals surface area contributed by atoms with Gasteiger partial charge in [-0.1, -0.05) is 30.3 Å². The van der Waals surface area contributed by atoms with Crippen LogP contribution < -0.4 is 5.32 Å². The van der Waals surface area contributed by atoms with Crippen molar-refractivity contribution in [3.63, 3.8) is 0 Å². The quantitative estimate of drug-likeness (QED) is 0.875. The van der Waals surface area contributed by atoms with Gasteiger partial charge in [0.05, 0.1) is 6.42 Å². The second-order valence-corrected chi connectivity index (χ2v) is 6.14. The SMILES string of the molecule is CC(C)N1C(=O)CC(Nc2nc(-c3ccccc3)ns2)C1=O. The molecule has 0 spiro atoms. The van der Waals surface area contributed by atoms with E-state index in [0.717, 1.165) is 5.56 Å². The number of aromatic nitrogens is 2. The van der Waals surface area contributed by atoms with Gasteiger partial charge in [-0.25, -0.2) is 0 Å². The van der Waals surface area contributed by atoms with E-state index in [-0.39, 0.29) is 24.3 Å². The van der Waals surface area contributed by atoms with Gasteiger partial charge in [0, 0.05) is 23.1 Å². The van der Waals surface area contributed by atoms with Crippen molar-refractivity contribution < 1.29 is 9.59 Å². The zero-order valence-electron chi connectivity index (χ0n) is 12.3. The van der Waals surface area contributed by atoms with Crippen molar-refractivity contribution >= 4 is 28.5 Å². The summed E-state index contributed by atoms with van der Waals surface area (Å²) in [7, 11) is 0. The Bertz CT molecular complexity index is 699. The van der Waals surface area contributed by atoms with E-state index in [2.05, 4.69) is 14.7 Å². The second kappa shape index (κ2) is 5.84. The molecule has 0 radical (unpaired) electrons. The largest absolute Gasteiger partial charge is 0.348 e. The molecule has 6 nitrogen and oxygen atoms in total. The maximum Gasteiger partial charge on any atom is 0.252 e. The van der Waals surface area contributed by atoms with Gasteiger partial charge in [0.2, 0.25) is 11.0 Å². The van der Waals surface area contributed by atoms with Gasteiger partial charge in [0.15, 0.2) is 5.82 Å². The summed E-state index contributed by atoms with van der Waals surface area (Å²) < 4.78 is 4.28. The summed E-state index contributed by atoms with van der Waals surface area (Å²) in [5.74, 6) is 0.271. The fraction of sp³-hybridized carbons (Fsp3) is 0.333.